The largest absolute Gasteiger partial charge is 0.480 e. The molecule has 0 saturated carbocycles. The minimum absolute atomic E-state index is 0.0180. The molecular weight excluding hydrogens is 424 g/mol. The van der Waals surface area contributed by atoms with E-state index < -0.39 is 23.2 Å². The van der Waals surface area contributed by atoms with Crippen LogP contribution in [0, 0.1) is 5.92 Å². The molecule has 2 aliphatic rings. The van der Waals surface area contributed by atoms with E-state index in [-0.39, 0.29) is 29.4 Å². The quantitative estimate of drug-likeness (QED) is 0.608. The van der Waals surface area contributed by atoms with E-state index in [2.05, 4.69) is 0 Å². The summed E-state index contributed by atoms with van der Waals surface area (Å²) in [6.45, 7) is 4.26. The molecule has 30 heavy (non-hydrogen) atoms. The smallest absolute Gasteiger partial charge is 0.326 e. The summed E-state index contributed by atoms with van der Waals surface area (Å²) in [7, 11) is 0. The third-order valence-electron chi connectivity index (χ3n) is 5.36. The van der Waals surface area contributed by atoms with Gasteiger partial charge in [-0.25, -0.2) is 4.79 Å². The van der Waals surface area contributed by atoms with Crippen LogP contribution in [0.15, 0.2) is 35.2 Å². The fourth-order valence-corrected chi connectivity index (χ4v) is 6.19. The highest BCUT2D eigenvalue weighted by Gasteiger charge is 2.42. The number of carbonyl (C=O) groups excluding carboxylic acids is 3. The molecule has 0 radical (unpaired) electrons. The van der Waals surface area contributed by atoms with Crippen molar-refractivity contribution in [2.24, 2.45) is 5.92 Å². The Morgan fingerprint density at radius 3 is 2.53 bits per heavy atom. The second-order valence-electron chi connectivity index (χ2n) is 7.54. The highest BCUT2D eigenvalue weighted by atomic mass is 32.2. The predicted molar refractivity (Wildman–Crippen MR) is 116 cm³/mol. The van der Waals surface area contributed by atoms with Crippen LogP contribution >= 0.6 is 23.5 Å². The molecule has 4 atom stereocenters. The maximum absolute atomic E-state index is 13.0. The zero-order chi connectivity index (χ0) is 21.8. The summed E-state index contributed by atoms with van der Waals surface area (Å²) in [5.41, 5.74) is 0. The van der Waals surface area contributed by atoms with Crippen LogP contribution in [-0.2, 0) is 19.2 Å². The van der Waals surface area contributed by atoms with E-state index >= 15 is 0 Å². The lowest BCUT2D eigenvalue weighted by Gasteiger charge is -2.25. The van der Waals surface area contributed by atoms with Gasteiger partial charge in [-0.3, -0.25) is 19.3 Å². The van der Waals surface area contributed by atoms with Crippen LogP contribution in [-0.4, -0.2) is 74.0 Å². The average Bonchev–Trinajstić information content (AvgIpc) is 3.26. The number of imide groups is 1. The van der Waals surface area contributed by atoms with E-state index in [1.165, 1.54) is 21.6 Å². The zero-order valence-electron chi connectivity index (χ0n) is 17.0. The standard InChI is InChI=1S/C21H26N2O5S2/c1-3-22-18(24)10-17(20(22)26)29-12-13(2)19(25)23-11-15(9-16(23)21(27)28)30-14-7-5-4-6-8-14/h4-8,13,15-17H,3,9-12H2,1-2H3,(H,27,28)/t13-,15+,16-,17?/m0/s1. The summed E-state index contributed by atoms with van der Waals surface area (Å²) in [6, 6.07) is 8.91. The molecule has 0 spiro atoms. The molecule has 2 fully saturated rings. The van der Waals surface area contributed by atoms with E-state index in [0.717, 1.165) is 4.90 Å². The van der Waals surface area contributed by atoms with Crippen molar-refractivity contribution in [3.63, 3.8) is 0 Å². The molecule has 2 heterocycles. The monoisotopic (exact) mass is 450 g/mol. The van der Waals surface area contributed by atoms with E-state index in [1.807, 2.05) is 30.3 Å². The molecule has 2 saturated heterocycles. The van der Waals surface area contributed by atoms with E-state index in [4.69, 9.17) is 0 Å². The van der Waals surface area contributed by atoms with Crippen LogP contribution in [0.5, 0.6) is 0 Å². The summed E-state index contributed by atoms with van der Waals surface area (Å²) >= 11 is 2.90. The number of carboxylic acids is 1. The van der Waals surface area contributed by atoms with Gasteiger partial charge in [0, 0.05) is 41.3 Å². The Hall–Kier alpha value is -2.00. The molecule has 0 bridgehead atoms. The average molecular weight is 451 g/mol. The van der Waals surface area contributed by atoms with Gasteiger partial charge in [-0.2, -0.15) is 0 Å². The Morgan fingerprint density at radius 1 is 1.23 bits per heavy atom. The van der Waals surface area contributed by atoms with Crippen molar-refractivity contribution in [1.29, 1.82) is 0 Å². The van der Waals surface area contributed by atoms with Gasteiger partial charge in [0.2, 0.25) is 17.7 Å². The lowest BCUT2D eigenvalue weighted by molar-refractivity contribution is -0.149. The van der Waals surface area contributed by atoms with Crippen molar-refractivity contribution >= 4 is 47.2 Å². The number of thioether (sulfide) groups is 2. The van der Waals surface area contributed by atoms with Gasteiger partial charge in [-0.15, -0.1) is 23.5 Å². The molecule has 1 aromatic carbocycles. The molecule has 2 aliphatic heterocycles. The number of aliphatic carboxylic acids is 1. The summed E-state index contributed by atoms with van der Waals surface area (Å²) in [4.78, 5) is 52.6. The Labute approximate surface area is 184 Å². The van der Waals surface area contributed by atoms with Gasteiger partial charge in [0.05, 0.1) is 5.25 Å². The Kier molecular flexibility index (Phi) is 7.46. The molecule has 1 aromatic rings. The lowest BCUT2D eigenvalue weighted by atomic mass is 10.1. The van der Waals surface area contributed by atoms with Crippen LogP contribution in [0.1, 0.15) is 26.7 Å². The minimum Gasteiger partial charge on any atom is -0.480 e. The van der Waals surface area contributed by atoms with Crippen LogP contribution < -0.4 is 0 Å². The Bertz CT molecular complexity index is 819. The highest BCUT2D eigenvalue weighted by Crippen LogP contribution is 2.34. The third-order valence-corrected chi connectivity index (χ3v) is 8.05. The number of likely N-dealkylation sites (tertiary alicyclic amines) is 2. The molecule has 1 unspecified atom stereocenters. The van der Waals surface area contributed by atoms with Crippen molar-refractivity contribution in [3.05, 3.63) is 30.3 Å². The number of carbonyl (C=O) groups is 4. The lowest BCUT2D eigenvalue weighted by Crippen LogP contribution is -2.43. The topological polar surface area (TPSA) is 95.0 Å². The van der Waals surface area contributed by atoms with Crippen molar-refractivity contribution in [1.82, 2.24) is 9.80 Å². The van der Waals surface area contributed by atoms with Gasteiger partial charge >= 0.3 is 5.97 Å². The predicted octanol–water partition coefficient (Wildman–Crippen LogP) is 2.35. The second-order valence-corrected chi connectivity index (χ2v) is 10.1. The number of rotatable bonds is 8. The van der Waals surface area contributed by atoms with Gasteiger partial charge in [0.15, 0.2) is 0 Å². The Morgan fingerprint density at radius 2 is 1.93 bits per heavy atom. The van der Waals surface area contributed by atoms with E-state index in [0.29, 0.717) is 25.3 Å². The first-order chi connectivity index (χ1) is 14.3. The molecule has 9 heteroatoms. The van der Waals surface area contributed by atoms with Crippen LogP contribution in [0.2, 0.25) is 0 Å². The molecule has 0 aliphatic carbocycles. The van der Waals surface area contributed by atoms with Crippen molar-refractivity contribution in [2.45, 2.75) is 48.1 Å². The van der Waals surface area contributed by atoms with Gasteiger partial charge in [-0.05, 0) is 25.5 Å². The maximum atomic E-state index is 13.0. The number of amides is 3. The first-order valence-corrected chi connectivity index (χ1v) is 12.0. The number of hydrogen-bond donors (Lipinski definition) is 1. The molecule has 0 aromatic heterocycles. The van der Waals surface area contributed by atoms with Crippen molar-refractivity contribution in [2.75, 3.05) is 18.8 Å². The fourth-order valence-electron chi connectivity index (χ4n) is 3.78. The van der Waals surface area contributed by atoms with Gasteiger partial charge in [-0.1, -0.05) is 25.1 Å². The third kappa shape index (κ3) is 5.00. The second kappa shape index (κ2) is 9.87. The van der Waals surface area contributed by atoms with Gasteiger partial charge in [0.25, 0.3) is 0 Å². The minimum atomic E-state index is -0.991. The first kappa shape index (κ1) is 22.7. The summed E-state index contributed by atoms with van der Waals surface area (Å²) in [5, 5.41) is 9.19. The number of hydrogen-bond acceptors (Lipinski definition) is 6. The van der Waals surface area contributed by atoms with E-state index in [9.17, 15) is 24.3 Å². The Balaban J connectivity index is 1.59. The zero-order valence-corrected chi connectivity index (χ0v) is 18.7. The van der Waals surface area contributed by atoms with Gasteiger partial charge in [0.1, 0.15) is 6.04 Å². The molecule has 162 valence electrons. The first-order valence-electron chi connectivity index (χ1n) is 10.0. The molecule has 3 amide bonds. The highest BCUT2D eigenvalue weighted by molar-refractivity contribution is 8.00. The van der Waals surface area contributed by atoms with Gasteiger partial charge < -0.3 is 10.0 Å². The molecular formula is C21H26N2O5S2. The van der Waals surface area contributed by atoms with Crippen LogP contribution in [0.3, 0.4) is 0 Å². The molecule has 1 N–H and O–H groups in total. The fraction of sp³-hybridized carbons (Fsp3) is 0.524. The summed E-state index contributed by atoms with van der Waals surface area (Å²) in [6.07, 6.45) is 0.567. The van der Waals surface area contributed by atoms with Crippen LogP contribution in [0.25, 0.3) is 0 Å². The normalized spacial score (nSPS) is 25.1. The summed E-state index contributed by atoms with van der Waals surface area (Å²) < 4.78 is 0. The summed E-state index contributed by atoms with van der Waals surface area (Å²) in [5.74, 6) is -1.64. The van der Waals surface area contributed by atoms with Crippen LogP contribution in [0.4, 0.5) is 0 Å². The van der Waals surface area contributed by atoms with Crippen molar-refractivity contribution < 1.29 is 24.3 Å². The number of carboxylic acid groups (broad SMARTS) is 1. The SMILES string of the molecule is CCN1C(=O)CC(SC[C@H](C)C(=O)N2C[C@H](Sc3ccccc3)C[C@H]2C(=O)O)C1=O. The number of nitrogens with zero attached hydrogens (tertiary/aromatic N) is 2. The number of benzene rings is 1. The van der Waals surface area contributed by atoms with Crippen molar-refractivity contribution in [3.8, 4) is 0 Å². The molecule has 7 nitrogen and oxygen atoms in total. The molecule has 3 rings (SSSR count). The maximum Gasteiger partial charge on any atom is 0.326 e. The van der Waals surface area contributed by atoms with E-state index in [1.54, 1.807) is 25.6 Å².